The molecule has 0 saturated heterocycles. The Morgan fingerprint density at radius 1 is 0.395 bits per heavy atom. The van der Waals surface area contributed by atoms with E-state index in [0.717, 1.165) is 34.1 Å². The lowest BCUT2D eigenvalue weighted by atomic mass is 9.82. The first-order chi connectivity index (χ1) is 20.9. The molecule has 0 amide bonds. The fourth-order valence-corrected chi connectivity index (χ4v) is 6.64. The first-order valence-corrected chi connectivity index (χ1v) is 15.2. The number of rotatable bonds is 6. The molecule has 0 aliphatic heterocycles. The molecule has 0 atom stereocenters. The summed E-state index contributed by atoms with van der Waals surface area (Å²) < 4.78 is 0. The minimum absolute atomic E-state index is 0.218. The molecule has 0 unspecified atom stereocenters. The molecule has 1 aliphatic carbocycles. The fourth-order valence-electron chi connectivity index (χ4n) is 6.27. The topological polar surface area (TPSA) is 6.48 Å². The zero-order valence-electron chi connectivity index (χ0n) is 24.0. The summed E-state index contributed by atoms with van der Waals surface area (Å²) in [5, 5.41) is 1.42. The van der Waals surface area contributed by atoms with Gasteiger partial charge in [0.2, 0.25) is 0 Å². The van der Waals surface area contributed by atoms with E-state index in [1.165, 1.54) is 22.3 Å². The van der Waals surface area contributed by atoms with Crippen LogP contribution in [0, 0.1) is 0 Å². The van der Waals surface area contributed by atoms with E-state index in [2.05, 4.69) is 121 Å². The highest BCUT2D eigenvalue weighted by Crippen LogP contribution is 2.52. The van der Waals surface area contributed by atoms with Crippen molar-refractivity contribution in [1.82, 2.24) is 0 Å². The molecule has 0 radical (unpaired) electrons. The summed E-state index contributed by atoms with van der Waals surface area (Å²) in [4.78, 5) is 4.54. The quantitative estimate of drug-likeness (QED) is 0.188. The van der Waals surface area contributed by atoms with Crippen LogP contribution in [0.1, 0.15) is 25.0 Å². The normalized spacial score (nSPS) is 12.8. The number of hydrogen-bond acceptors (Lipinski definition) is 2. The van der Waals surface area contributed by atoms with Crippen molar-refractivity contribution in [1.29, 1.82) is 0 Å². The second-order valence-electron chi connectivity index (χ2n) is 11.4. The second kappa shape index (κ2) is 11.0. The fraction of sp³-hybridized carbons (Fsp3) is 0.0769. The molecule has 43 heavy (non-hydrogen) atoms. The lowest BCUT2D eigenvalue weighted by Gasteiger charge is -2.29. The summed E-state index contributed by atoms with van der Waals surface area (Å²) in [7, 11) is 0. The van der Waals surface area contributed by atoms with E-state index in [4.69, 9.17) is 23.2 Å². The molecule has 6 aromatic carbocycles. The summed E-state index contributed by atoms with van der Waals surface area (Å²) in [6, 6.07) is 50.6. The highest BCUT2D eigenvalue weighted by molar-refractivity contribution is 6.31. The highest BCUT2D eigenvalue weighted by atomic mass is 35.5. The SMILES string of the molecule is CC1(C)c2cc(N(c3ccccc3)c3cccc(Cl)c3)ccc2-c2ccc(N(c3ccccc3)c3cccc(Cl)c3)cc21. The lowest BCUT2D eigenvalue weighted by molar-refractivity contribution is 0.660. The van der Waals surface area contributed by atoms with Crippen LogP contribution in [0.4, 0.5) is 34.1 Å². The molecule has 7 rings (SSSR count). The van der Waals surface area contributed by atoms with E-state index in [1.807, 2.05) is 48.5 Å². The molecule has 0 fully saturated rings. The van der Waals surface area contributed by atoms with Gasteiger partial charge in [-0.1, -0.05) is 97.7 Å². The maximum Gasteiger partial charge on any atom is 0.0476 e. The molecule has 4 heteroatoms. The molecular weight excluding hydrogens is 567 g/mol. The number of nitrogens with zero attached hydrogens (tertiary/aromatic N) is 2. The Labute approximate surface area is 263 Å². The average molecular weight is 598 g/mol. The molecule has 0 aromatic heterocycles. The highest BCUT2D eigenvalue weighted by Gasteiger charge is 2.36. The Kier molecular flexibility index (Phi) is 6.97. The third-order valence-electron chi connectivity index (χ3n) is 8.32. The van der Waals surface area contributed by atoms with Crippen molar-refractivity contribution in [2.75, 3.05) is 9.80 Å². The molecule has 0 bridgehead atoms. The number of benzene rings is 6. The van der Waals surface area contributed by atoms with Gasteiger partial charge in [-0.15, -0.1) is 0 Å². The Bertz CT molecular complexity index is 1790. The molecule has 0 spiro atoms. The average Bonchev–Trinajstić information content (AvgIpc) is 3.24. The standard InChI is InChI=1S/C39H30Cl2N2/c1-39(2)37-25-33(42(29-13-5-3-6-14-29)31-17-9-11-27(40)23-31)19-21-35(37)36-22-20-34(26-38(36)39)43(30-15-7-4-8-16-30)32-18-10-12-28(41)24-32/h3-26H,1-2H3. The van der Waals surface area contributed by atoms with Gasteiger partial charge < -0.3 is 9.80 Å². The summed E-state index contributed by atoms with van der Waals surface area (Å²) in [5.41, 5.74) is 11.3. The lowest BCUT2D eigenvalue weighted by Crippen LogP contribution is -2.17. The molecule has 0 N–H and O–H groups in total. The largest absolute Gasteiger partial charge is 0.310 e. The van der Waals surface area contributed by atoms with Gasteiger partial charge in [0.15, 0.2) is 0 Å². The Morgan fingerprint density at radius 2 is 0.767 bits per heavy atom. The van der Waals surface area contributed by atoms with Gasteiger partial charge in [-0.2, -0.15) is 0 Å². The zero-order chi connectivity index (χ0) is 29.6. The van der Waals surface area contributed by atoms with Crippen LogP contribution < -0.4 is 9.80 Å². The Morgan fingerprint density at radius 3 is 1.16 bits per heavy atom. The first-order valence-electron chi connectivity index (χ1n) is 14.4. The third-order valence-corrected chi connectivity index (χ3v) is 8.79. The van der Waals surface area contributed by atoms with E-state index >= 15 is 0 Å². The van der Waals surface area contributed by atoms with Gasteiger partial charge in [-0.25, -0.2) is 0 Å². The number of para-hydroxylation sites is 2. The van der Waals surface area contributed by atoms with Crippen molar-refractivity contribution in [3.63, 3.8) is 0 Å². The van der Waals surface area contributed by atoms with Gasteiger partial charge in [0.05, 0.1) is 0 Å². The van der Waals surface area contributed by atoms with Gasteiger partial charge in [0, 0.05) is 49.6 Å². The maximum absolute atomic E-state index is 6.46. The van der Waals surface area contributed by atoms with Crippen molar-refractivity contribution >= 4 is 57.3 Å². The summed E-state index contributed by atoms with van der Waals surface area (Å²) in [6.45, 7) is 4.65. The number of fused-ring (bicyclic) bond motifs is 3. The van der Waals surface area contributed by atoms with Crippen LogP contribution in [0.3, 0.4) is 0 Å². The molecule has 0 saturated carbocycles. The minimum atomic E-state index is -0.218. The van der Waals surface area contributed by atoms with Crippen molar-refractivity contribution in [3.8, 4) is 11.1 Å². The summed E-state index contributed by atoms with van der Waals surface area (Å²) >= 11 is 12.9. The van der Waals surface area contributed by atoms with Crippen molar-refractivity contribution in [2.45, 2.75) is 19.3 Å². The molecular formula is C39H30Cl2N2. The van der Waals surface area contributed by atoms with Crippen molar-refractivity contribution < 1.29 is 0 Å². The van der Waals surface area contributed by atoms with Crippen molar-refractivity contribution in [2.24, 2.45) is 0 Å². The smallest absolute Gasteiger partial charge is 0.0476 e. The van der Waals surface area contributed by atoms with Crippen LogP contribution in [0.25, 0.3) is 11.1 Å². The molecule has 1 aliphatic rings. The third kappa shape index (κ3) is 4.97. The predicted molar refractivity (Wildman–Crippen MR) is 183 cm³/mol. The number of anilines is 6. The molecule has 2 nitrogen and oxygen atoms in total. The van der Waals surface area contributed by atoms with E-state index in [0.29, 0.717) is 10.0 Å². The van der Waals surface area contributed by atoms with Gasteiger partial charge in [-0.05, 0) is 107 Å². The van der Waals surface area contributed by atoms with E-state index in [9.17, 15) is 0 Å². The molecule has 6 aromatic rings. The van der Waals surface area contributed by atoms with Gasteiger partial charge >= 0.3 is 0 Å². The second-order valence-corrected chi connectivity index (χ2v) is 12.3. The zero-order valence-corrected chi connectivity index (χ0v) is 25.5. The van der Waals surface area contributed by atoms with E-state index in [1.54, 1.807) is 0 Å². The van der Waals surface area contributed by atoms with E-state index in [-0.39, 0.29) is 5.41 Å². The Balaban J connectivity index is 1.34. The van der Waals surface area contributed by atoms with E-state index < -0.39 is 0 Å². The van der Waals surface area contributed by atoms with Gasteiger partial charge in [0.25, 0.3) is 0 Å². The number of hydrogen-bond donors (Lipinski definition) is 0. The minimum Gasteiger partial charge on any atom is -0.310 e. The van der Waals surface area contributed by atoms with Crippen LogP contribution in [-0.4, -0.2) is 0 Å². The van der Waals surface area contributed by atoms with Crippen LogP contribution in [-0.2, 0) is 5.41 Å². The van der Waals surface area contributed by atoms with Crippen LogP contribution in [0.15, 0.2) is 146 Å². The van der Waals surface area contributed by atoms with Gasteiger partial charge in [0.1, 0.15) is 0 Å². The Hall–Kier alpha value is -4.50. The number of halogens is 2. The van der Waals surface area contributed by atoms with Crippen LogP contribution in [0.5, 0.6) is 0 Å². The molecule has 0 heterocycles. The molecule has 210 valence electrons. The first kappa shape index (κ1) is 27.3. The monoisotopic (exact) mass is 596 g/mol. The van der Waals surface area contributed by atoms with Gasteiger partial charge in [-0.3, -0.25) is 0 Å². The van der Waals surface area contributed by atoms with Crippen LogP contribution >= 0.6 is 23.2 Å². The predicted octanol–water partition coefficient (Wildman–Crippen LogP) is 12.2. The van der Waals surface area contributed by atoms with Crippen molar-refractivity contribution in [3.05, 3.63) is 167 Å². The van der Waals surface area contributed by atoms with Crippen LogP contribution in [0.2, 0.25) is 10.0 Å². The summed E-state index contributed by atoms with van der Waals surface area (Å²) in [6.07, 6.45) is 0. The summed E-state index contributed by atoms with van der Waals surface area (Å²) in [5.74, 6) is 0. The maximum atomic E-state index is 6.46.